The van der Waals surface area contributed by atoms with Crippen LogP contribution in [-0.2, 0) is 28.6 Å². The molecule has 0 bridgehead atoms. The summed E-state index contributed by atoms with van der Waals surface area (Å²) in [5.41, 5.74) is 0. The molecule has 0 aromatic carbocycles. The molecule has 0 spiro atoms. The minimum Gasteiger partial charge on any atom is -0.462 e. The highest BCUT2D eigenvalue weighted by molar-refractivity contribution is 5.71. The summed E-state index contributed by atoms with van der Waals surface area (Å²) in [5.74, 6) is -0.891. The van der Waals surface area contributed by atoms with Crippen LogP contribution in [0.5, 0.6) is 0 Å². The summed E-state index contributed by atoms with van der Waals surface area (Å²) in [6.45, 7) is 6.52. The highest BCUT2D eigenvalue weighted by Gasteiger charge is 2.19. The van der Waals surface area contributed by atoms with Crippen LogP contribution in [0.15, 0.2) is 60.8 Å². The topological polar surface area (TPSA) is 78.9 Å². The van der Waals surface area contributed by atoms with Gasteiger partial charge in [-0.25, -0.2) is 0 Å². The van der Waals surface area contributed by atoms with Gasteiger partial charge in [-0.05, 0) is 83.5 Å². The van der Waals surface area contributed by atoms with Crippen molar-refractivity contribution < 1.29 is 28.6 Å². The third kappa shape index (κ3) is 54.1. The van der Waals surface area contributed by atoms with E-state index in [2.05, 4.69) is 81.5 Å². The normalized spacial score (nSPS) is 12.5. The zero-order valence-electron chi connectivity index (χ0n) is 45.1. The van der Waals surface area contributed by atoms with Gasteiger partial charge in [0.25, 0.3) is 0 Å². The molecule has 1 unspecified atom stereocenters. The van der Waals surface area contributed by atoms with E-state index in [9.17, 15) is 14.4 Å². The van der Waals surface area contributed by atoms with Crippen LogP contribution in [0.3, 0.4) is 0 Å². The molecule has 0 aliphatic carbocycles. The third-order valence-electron chi connectivity index (χ3n) is 12.8. The fraction of sp³-hybridized carbons (Fsp3) is 0.790. The lowest BCUT2D eigenvalue weighted by atomic mass is 10.0. The lowest BCUT2D eigenvalue weighted by molar-refractivity contribution is -0.167. The Morgan fingerprint density at radius 3 is 0.926 bits per heavy atom. The summed E-state index contributed by atoms with van der Waals surface area (Å²) in [5, 5.41) is 0. The van der Waals surface area contributed by atoms with Gasteiger partial charge in [-0.3, -0.25) is 14.4 Å². The average molecular weight is 952 g/mol. The number of hydrogen-bond donors (Lipinski definition) is 0. The summed E-state index contributed by atoms with van der Waals surface area (Å²) < 4.78 is 16.9. The van der Waals surface area contributed by atoms with Crippen molar-refractivity contribution in [1.82, 2.24) is 0 Å². The van der Waals surface area contributed by atoms with E-state index in [0.29, 0.717) is 19.3 Å². The first kappa shape index (κ1) is 65.1. The van der Waals surface area contributed by atoms with Gasteiger partial charge in [0.05, 0.1) is 0 Å². The van der Waals surface area contributed by atoms with Crippen molar-refractivity contribution in [3.8, 4) is 0 Å². The van der Waals surface area contributed by atoms with Crippen LogP contribution in [0.25, 0.3) is 0 Å². The van der Waals surface area contributed by atoms with Crippen LogP contribution in [0.4, 0.5) is 0 Å². The third-order valence-corrected chi connectivity index (χ3v) is 12.8. The second kappa shape index (κ2) is 56.7. The summed E-state index contributed by atoms with van der Waals surface area (Å²) in [6.07, 6.45) is 70.6. The minimum absolute atomic E-state index is 0.0802. The lowest BCUT2D eigenvalue weighted by Gasteiger charge is -2.18. The molecule has 0 aliphatic heterocycles. The van der Waals surface area contributed by atoms with E-state index in [1.165, 1.54) is 154 Å². The number of carbonyl (C=O) groups excluding carboxylic acids is 3. The van der Waals surface area contributed by atoms with Crippen molar-refractivity contribution in [2.24, 2.45) is 0 Å². The van der Waals surface area contributed by atoms with Gasteiger partial charge in [0.15, 0.2) is 6.10 Å². The van der Waals surface area contributed by atoms with Gasteiger partial charge in [-0.2, -0.15) is 0 Å². The molecule has 0 amide bonds. The molecule has 1 atom stereocenters. The van der Waals surface area contributed by atoms with Gasteiger partial charge in [0.1, 0.15) is 13.2 Å². The summed E-state index contributed by atoms with van der Waals surface area (Å²) >= 11 is 0. The van der Waals surface area contributed by atoms with Gasteiger partial charge in [0.2, 0.25) is 0 Å². The molecule has 0 heterocycles. The maximum absolute atomic E-state index is 12.9. The molecule has 0 aromatic rings. The van der Waals surface area contributed by atoms with Crippen molar-refractivity contribution in [2.75, 3.05) is 13.2 Å². The quantitative estimate of drug-likeness (QED) is 0.0262. The van der Waals surface area contributed by atoms with Crippen LogP contribution in [0, 0.1) is 0 Å². The summed E-state index contributed by atoms with van der Waals surface area (Å²) in [4.78, 5) is 38.2. The lowest BCUT2D eigenvalue weighted by Crippen LogP contribution is -2.30. The number of carbonyl (C=O) groups is 3. The SMILES string of the molecule is CC/C=C\C/C=C\C/C=C\CCCCCCCCCC(=O)OC(COC(=O)CCCCCCC/C=C\C/C=C\CCCCC)COC(=O)CCCCCCCCCCCCCCCCCCCC. The van der Waals surface area contributed by atoms with Crippen molar-refractivity contribution in [1.29, 1.82) is 0 Å². The predicted octanol–water partition coefficient (Wildman–Crippen LogP) is 19.6. The van der Waals surface area contributed by atoms with E-state index in [-0.39, 0.29) is 31.1 Å². The van der Waals surface area contributed by atoms with E-state index in [0.717, 1.165) is 103 Å². The largest absolute Gasteiger partial charge is 0.462 e. The Hall–Kier alpha value is -2.89. The first-order chi connectivity index (χ1) is 33.5. The van der Waals surface area contributed by atoms with Crippen LogP contribution >= 0.6 is 0 Å². The van der Waals surface area contributed by atoms with Crippen LogP contribution in [0.2, 0.25) is 0 Å². The molecule has 68 heavy (non-hydrogen) atoms. The first-order valence-electron chi connectivity index (χ1n) is 29.3. The van der Waals surface area contributed by atoms with E-state index in [1.807, 2.05) is 0 Å². The second-order valence-electron chi connectivity index (χ2n) is 19.5. The van der Waals surface area contributed by atoms with Crippen molar-refractivity contribution in [3.05, 3.63) is 60.8 Å². The van der Waals surface area contributed by atoms with Gasteiger partial charge in [0, 0.05) is 19.3 Å². The molecule has 0 aliphatic rings. The summed E-state index contributed by atoms with van der Waals surface area (Å²) in [7, 11) is 0. The summed E-state index contributed by atoms with van der Waals surface area (Å²) in [6, 6.07) is 0. The molecular weight excluding hydrogens is 841 g/mol. The molecule has 0 radical (unpaired) electrons. The number of esters is 3. The average Bonchev–Trinajstić information content (AvgIpc) is 3.34. The Balaban J connectivity index is 4.38. The molecule has 6 heteroatoms. The van der Waals surface area contributed by atoms with Crippen molar-refractivity contribution in [3.63, 3.8) is 0 Å². The maximum Gasteiger partial charge on any atom is 0.306 e. The molecule has 0 aromatic heterocycles. The minimum atomic E-state index is -0.784. The predicted molar refractivity (Wildman–Crippen MR) is 293 cm³/mol. The highest BCUT2D eigenvalue weighted by Crippen LogP contribution is 2.16. The number of ether oxygens (including phenoxy) is 3. The Morgan fingerprint density at radius 1 is 0.309 bits per heavy atom. The molecule has 0 saturated heterocycles. The van der Waals surface area contributed by atoms with Crippen LogP contribution in [-0.4, -0.2) is 37.2 Å². The van der Waals surface area contributed by atoms with E-state index < -0.39 is 6.10 Å². The molecule has 394 valence electrons. The van der Waals surface area contributed by atoms with Gasteiger partial charge in [-0.1, -0.05) is 255 Å². The van der Waals surface area contributed by atoms with E-state index in [1.54, 1.807) is 0 Å². The molecule has 6 nitrogen and oxygen atoms in total. The molecule has 0 N–H and O–H groups in total. The van der Waals surface area contributed by atoms with Crippen LogP contribution in [0.1, 0.15) is 297 Å². The fourth-order valence-electron chi connectivity index (χ4n) is 8.37. The number of unbranched alkanes of at least 4 members (excludes halogenated alkanes) is 32. The van der Waals surface area contributed by atoms with Crippen molar-refractivity contribution in [2.45, 2.75) is 303 Å². The first-order valence-corrected chi connectivity index (χ1v) is 29.3. The molecule has 0 saturated carbocycles. The molecule has 0 fully saturated rings. The zero-order chi connectivity index (χ0) is 49.3. The number of hydrogen-bond acceptors (Lipinski definition) is 6. The van der Waals surface area contributed by atoms with Crippen molar-refractivity contribution >= 4 is 17.9 Å². The zero-order valence-corrected chi connectivity index (χ0v) is 45.1. The number of rotatable bonds is 53. The fourth-order valence-corrected chi connectivity index (χ4v) is 8.37. The highest BCUT2D eigenvalue weighted by atomic mass is 16.6. The maximum atomic E-state index is 12.9. The molecular formula is C62H110O6. The molecule has 0 rings (SSSR count). The smallest absolute Gasteiger partial charge is 0.306 e. The Kier molecular flexibility index (Phi) is 54.3. The Labute approximate surface area is 421 Å². The van der Waals surface area contributed by atoms with Gasteiger partial charge < -0.3 is 14.2 Å². The monoisotopic (exact) mass is 951 g/mol. The number of allylic oxidation sites excluding steroid dienone is 10. The second-order valence-corrected chi connectivity index (χ2v) is 19.5. The Bertz CT molecular complexity index is 1230. The standard InChI is InChI=1S/C62H110O6/c1-4-7-10-13-16-19-22-25-28-30-32-34-37-40-43-46-49-52-55-61(64)67-58-59(57-66-60(63)54-51-48-45-42-39-36-33-27-24-21-18-15-12-9-6-3)68-62(65)56-53-50-47-44-41-38-35-31-29-26-23-20-17-14-11-8-5-2/h8,11,17-18,20-21,26-27,29,33,59H,4-7,9-10,12-16,19,22-25,28,30-32,34-58H2,1-3H3/b11-8-,20-17-,21-18-,29-26-,33-27-. The van der Waals surface area contributed by atoms with Gasteiger partial charge in [-0.15, -0.1) is 0 Å². The van der Waals surface area contributed by atoms with Crippen LogP contribution < -0.4 is 0 Å². The van der Waals surface area contributed by atoms with E-state index >= 15 is 0 Å². The van der Waals surface area contributed by atoms with E-state index in [4.69, 9.17) is 14.2 Å². The Morgan fingerprint density at radius 2 is 0.574 bits per heavy atom. The van der Waals surface area contributed by atoms with Gasteiger partial charge >= 0.3 is 17.9 Å².